The van der Waals surface area contributed by atoms with Crippen LogP contribution in [0.3, 0.4) is 0 Å². The Kier molecular flexibility index (Phi) is 6.62. The van der Waals surface area contributed by atoms with E-state index in [2.05, 4.69) is 0 Å². The summed E-state index contributed by atoms with van der Waals surface area (Å²) in [5.41, 5.74) is 5.44. The molecule has 0 saturated carbocycles. The molecule has 0 bridgehead atoms. The Morgan fingerprint density at radius 1 is 0.919 bits per heavy atom. The summed E-state index contributed by atoms with van der Waals surface area (Å²) in [6, 6.07) is 19.7. The molecule has 37 heavy (non-hydrogen) atoms. The van der Waals surface area contributed by atoms with Gasteiger partial charge in [0.1, 0.15) is 11.5 Å². The zero-order valence-corrected chi connectivity index (χ0v) is 22.0. The number of carbonyl (C=O) groups is 1. The second-order valence-corrected chi connectivity index (χ2v) is 11.5. The van der Waals surface area contributed by atoms with Crippen molar-refractivity contribution in [1.29, 1.82) is 0 Å². The van der Waals surface area contributed by atoms with Crippen LogP contribution in [0, 0.1) is 13.8 Å². The Hall–Kier alpha value is -3.88. The van der Waals surface area contributed by atoms with Gasteiger partial charge in [0.25, 0.3) is 10.0 Å². The predicted molar refractivity (Wildman–Crippen MR) is 146 cm³/mol. The van der Waals surface area contributed by atoms with Gasteiger partial charge in [0.05, 0.1) is 10.4 Å². The van der Waals surface area contributed by atoms with Crippen LogP contribution >= 0.6 is 11.3 Å². The quantitative estimate of drug-likeness (QED) is 0.232. The van der Waals surface area contributed by atoms with E-state index in [1.807, 2.05) is 61.0 Å². The maximum atomic E-state index is 13.7. The number of fused-ring (bicyclic) bond motifs is 1. The Labute approximate surface area is 219 Å². The van der Waals surface area contributed by atoms with E-state index in [0.717, 1.165) is 27.6 Å². The largest absolute Gasteiger partial charge is 0.481 e. The summed E-state index contributed by atoms with van der Waals surface area (Å²) in [6.45, 7) is 4.03. The Morgan fingerprint density at radius 2 is 1.68 bits per heavy atom. The molecule has 188 valence electrons. The van der Waals surface area contributed by atoms with E-state index in [4.69, 9.17) is 4.74 Å². The summed E-state index contributed by atoms with van der Waals surface area (Å²) >= 11 is 1.58. The summed E-state index contributed by atoms with van der Waals surface area (Å²) in [7, 11) is -3.94. The van der Waals surface area contributed by atoms with Crippen LogP contribution in [0.4, 0.5) is 0 Å². The lowest BCUT2D eigenvalue weighted by molar-refractivity contribution is -0.136. The van der Waals surface area contributed by atoms with Gasteiger partial charge in [-0.1, -0.05) is 12.1 Å². The molecule has 6 nitrogen and oxygen atoms in total. The zero-order chi connectivity index (χ0) is 26.2. The number of ether oxygens (including phenoxy) is 1. The number of aromatic nitrogens is 1. The van der Waals surface area contributed by atoms with Crippen LogP contribution in [-0.4, -0.2) is 23.5 Å². The third-order valence-corrected chi connectivity index (χ3v) is 8.78. The van der Waals surface area contributed by atoms with E-state index < -0.39 is 16.0 Å². The molecule has 3 aromatic carbocycles. The smallest absolute Gasteiger partial charge is 0.303 e. The maximum Gasteiger partial charge on any atom is 0.303 e. The molecule has 0 spiro atoms. The van der Waals surface area contributed by atoms with Gasteiger partial charge in [0.2, 0.25) is 0 Å². The topological polar surface area (TPSA) is 85.6 Å². The van der Waals surface area contributed by atoms with Gasteiger partial charge < -0.3 is 9.84 Å². The van der Waals surface area contributed by atoms with Crippen molar-refractivity contribution < 1.29 is 23.1 Å². The van der Waals surface area contributed by atoms with Gasteiger partial charge in [-0.15, -0.1) is 0 Å². The molecule has 0 unspecified atom stereocenters. The molecular formula is C29H25NO5S2. The average Bonchev–Trinajstić information content (AvgIpc) is 3.54. The van der Waals surface area contributed by atoms with Gasteiger partial charge in [0, 0.05) is 18.0 Å². The molecule has 1 N–H and O–H groups in total. The summed E-state index contributed by atoms with van der Waals surface area (Å²) in [5.74, 6) is 0.277. The zero-order valence-electron chi connectivity index (χ0n) is 20.3. The number of rotatable bonds is 8. The standard InChI is InChI=1S/C29H25NO5S2/c1-19-3-6-25(15-20(19)2)35-24-7-9-26(10-8-24)37(33,34)30-17-22(5-12-29(31)32)27-16-21(4-11-28(27)30)23-13-14-36-18-23/h3-4,6-11,13-18H,5,12H2,1-2H3,(H,31,32). The van der Waals surface area contributed by atoms with Crippen molar-refractivity contribution >= 4 is 38.2 Å². The molecular weight excluding hydrogens is 506 g/mol. The summed E-state index contributed by atoms with van der Waals surface area (Å²) in [6.07, 6.45) is 1.68. The van der Waals surface area contributed by atoms with Gasteiger partial charge in [-0.05, 0) is 113 Å². The molecule has 0 amide bonds. The highest BCUT2D eigenvalue weighted by Crippen LogP contribution is 2.33. The normalized spacial score (nSPS) is 11.6. The van der Waals surface area contributed by atoms with Crippen molar-refractivity contribution in [2.24, 2.45) is 0 Å². The lowest BCUT2D eigenvalue weighted by Crippen LogP contribution is -2.11. The second kappa shape index (κ2) is 9.88. The first-order valence-corrected chi connectivity index (χ1v) is 14.1. The Morgan fingerprint density at radius 3 is 2.35 bits per heavy atom. The van der Waals surface area contributed by atoms with Crippen LogP contribution in [0.5, 0.6) is 11.5 Å². The second-order valence-electron chi connectivity index (χ2n) is 8.91. The minimum atomic E-state index is -3.94. The molecule has 2 heterocycles. The summed E-state index contributed by atoms with van der Waals surface area (Å²) in [5, 5.41) is 13.9. The molecule has 2 aromatic heterocycles. The minimum absolute atomic E-state index is 0.0909. The van der Waals surface area contributed by atoms with E-state index in [-0.39, 0.29) is 17.7 Å². The maximum absolute atomic E-state index is 13.7. The van der Waals surface area contributed by atoms with E-state index in [1.165, 1.54) is 16.1 Å². The van der Waals surface area contributed by atoms with Gasteiger partial charge in [0.15, 0.2) is 0 Å². The third kappa shape index (κ3) is 5.03. The van der Waals surface area contributed by atoms with Gasteiger partial charge >= 0.3 is 5.97 Å². The van der Waals surface area contributed by atoms with Crippen LogP contribution in [0.1, 0.15) is 23.1 Å². The number of carboxylic acids is 1. The Balaban J connectivity index is 1.51. The summed E-state index contributed by atoms with van der Waals surface area (Å²) < 4.78 is 34.5. The Bertz CT molecular complexity index is 1700. The van der Waals surface area contributed by atoms with Crippen molar-refractivity contribution in [2.75, 3.05) is 0 Å². The molecule has 5 rings (SSSR count). The first kappa shape index (κ1) is 24.8. The summed E-state index contributed by atoms with van der Waals surface area (Å²) in [4.78, 5) is 11.4. The van der Waals surface area contributed by atoms with E-state index in [0.29, 0.717) is 22.6 Å². The number of hydrogen-bond acceptors (Lipinski definition) is 5. The SMILES string of the molecule is Cc1ccc(Oc2ccc(S(=O)(=O)n3cc(CCC(=O)O)c4cc(-c5ccsc5)ccc43)cc2)cc1C. The molecule has 0 aliphatic rings. The fourth-order valence-corrected chi connectivity index (χ4v) is 6.28. The van der Waals surface area contributed by atoms with Gasteiger partial charge in [-0.25, -0.2) is 12.4 Å². The van der Waals surface area contributed by atoms with E-state index in [1.54, 1.807) is 35.7 Å². The highest BCUT2D eigenvalue weighted by Gasteiger charge is 2.22. The van der Waals surface area contributed by atoms with E-state index in [9.17, 15) is 18.3 Å². The third-order valence-electron chi connectivity index (χ3n) is 6.41. The number of nitrogens with zero attached hydrogens (tertiary/aromatic N) is 1. The molecule has 0 fully saturated rings. The first-order chi connectivity index (χ1) is 17.7. The molecule has 0 saturated heterocycles. The number of thiophene rings is 1. The fourth-order valence-electron chi connectivity index (χ4n) is 4.22. The van der Waals surface area contributed by atoms with Crippen molar-refractivity contribution in [2.45, 2.75) is 31.6 Å². The van der Waals surface area contributed by atoms with Crippen LogP contribution in [0.2, 0.25) is 0 Å². The van der Waals surface area contributed by atoms with Crippen LogP contribution < -0.4 is 4.74 Å². The molecule has 5 aromatic rings. The molecule has 8 heteroatoms. The number of aryl methyl sites for hydroxylation is 3. The van der Waals surface area contributed by atoms with Crippen LogP contribution in [0.15, 0.2) is 88.6 Å². The predicted octanol–water partition coefficient (Wildman–Crippen LogP) is 7.03. The van der Waals surface area contributed by atoms with Crippen LogP contribution in [-0.2, 0) is 21.2 Å². The monoisotopic (exact) mass is 531 g/mol. The molecule has 0 aliphatic carbocycles. The molecule has 0 aliphatic heterocycles. The average molecular weight is 532 g/mol. The molecule has 0 atom stereocenters. The van der Waals surface area contributed by atoms with Crippen molar-refractivity contribution in [3.63, 3.8) is 0 Å². The lowest BCUT2D eigenvalue weighted by atomic mass is 10.0. The van der Waals surface area contributed by atoms with Gasteiger partial charge in [-0.3, -0.25) is 4.79 Å². The van der Waals surface area contributed by atoms with Crippen molar-refractivity contribution in [3.05, 3.63) is 100 Å². The number of aliphatic carboxylic acids is 1. The highest BCUT2D eigenvalue weighted by molar-refractivity contribution is 7.90. The first-order valence-electron chi connectivity index (χ1n) is 11.7. The molecule has 0 radical (unpaired) electrons. The van der Waals surface area contributed by atoms with Gasteiger partial charge in [-0.2, -0.15) is 11.3 Å². The minimum Gasteiger partial charge on any atom is -0.481 e. The highest BCUT2D eigenvalue weighted by atomic mass is 32.2. The van der Waals surface area contributed by atoms with E-state index >= 15 is 0 Å². The number of hydrogen-bond donors (Lipinski definition) is 1. The van der Waals surface area contributed by atoms with Crippen molar-refractivity contribution in [1.82, 2.24) is 3.97 Å². The van der Waals surface area contributed by atoms with Crippen LogP contribution in [0.25, 0.3) is 22.0 Å². The lowest BCUT2D eigenvalue weighted by Gasteiger charge is -2.10. The number of carboxylic acid groups (broad SMARTS) is 1. The van der Waals surface area contributed by atoms with Crippen molar-refractivity contribution in [3.8, 4) is 22.6 Å². The number of benzene rings is 3. The fraction of sp³-hybridized carbons (Fsp3) is 0.138.